The molecule has 1 heterocycles. The van der Waals surface area contributed by atoms with Crippen LogP contribution in [0.2, 0.25) is 0 Å². The van der Waals surface area contributed by atoms with Crippen molar-refractivity contribution in [1.82, 2.24) is 20.2 Å². The number of nitrogens with zero attached hydrogens (tertiary/aromatic N) is 4. The summed E-state index contributed by atoms with van der Waals surface area (Å²) in [7, 11) is 0. The molecule has 1 aromatic heterocycles. The molecule has 0 saturated heterocycles. The van der Waals surface area contributed by atoms with Crippen LogP contribution in [0.4, 0.5) is 0 Å². The van der Waals surface area contributed by atoms with Gasteiger partial charge < -0.3 is 15.2 Å². The SMILES string of the molecule is N[C@H](COc1ccc(C(=O)OCc2ccccc2)cc1)Cn1ncnn1. The van der Waals surface area contributed by atoms with Crippen LogP contribution < -0.4 is 10.5 Å². The molecule has 2 N–H and O–H groups in total. The molecule has 0 amide bonds. The van der Waals surface area contributed by atoms with Crippen molar-refractivity contribution in [2.45, 2.75) is 19.2 Å². The molecule has 0 radical (unpaired) electrons. The first kappa shape index (κ1) is 17.6. The second kappa shape index (κ2) is 8.72. The summed E-state index contributed by atoms with van der Waals surface area (Å²) in [6.45, 7) is 0.937. The number of carbonyl (C=O) groups excluding carboxylic acids is 1. The smallest absolute Gasteiger partial charge is 0.338 e. The molecule has 0 aliphatic rings. The zero-order chi connectivity index (χ0) is 18.2. The number of hydrogen-bond donors (Lipinski definition) is 1. The molecule has 1 atom stereocenters. The van der Waals surface area contributed by atoms with Crippen LogP contribution in [0.5, 0.6) is 5.75 Å². The standard InChI is InChI=1S/C18H19N5O3/c19-16(10-23-21-13-20-22-23)12-25-17-8-6-15(7-9-17)18(24)26-11-14-4-2-1-3-5-14/h1-9,13,16H,10-12,19H2/t16-/m0/s1. The van der Waals surface area contributed by atoms with E-state index in [0.717, 1.165) is 5.56 Å². The van der Waals surface area contributed by atoms with Crippen molar-refractivity contribution in [3.05, 3.63) is 72.1 Å². The van der Waals surface area contributed by atoms with E-state index in [1.165, 1.54) is 11.1 Å². The molecule has 0 spiro atoms. The van der Waals surface area contributed by atoms with Crippen molar-refractivity contribution in [1.29, 1.82) is 0 Å². The number of hydrogen-bond acceptors (Lipinski definition) is 7. The van der Waals surface area contributed by atoms with Crippen molar-refractivity contribution in [3.63, 3.8) is 0 Å². The van der Waals surface area contributed by atoms with Crippen LogP contribution in [0, 0.1) is 0 Å². The van der Waals surface area contributed by atoms with Gasteiger partial charge in [-0.1, -0.05) is 30.3 Å². The fourth-order valence-corrected chi connectivity index (χ4v) is 2.23. The van der Waals surface area contributed by atoms with Crippen LogP contribution in [0.15, 0.2) is 60.9 Å². The van der Waals surface area contributed by atoms with Crippen LogP contribution in [-0.2, 0) is 17.9 Å². The number of aromatic nitrogens is 4. The van der Waals surface area contributed by atoms with Gasteiger partial charge >= 0.3 is 5.97 Å². The maximum absolute atomic E-state index is 12.1. The molecule has 0 bridgehead atoms. The summed E-state index contributed by atoms with van der Waals surface area (Å²) in [6.07, 6.45) is 1.35. The topological polar surface area (TPSA) is 105 Å². The highest BCUT2D eigenvalue weighted by Gasteiger charge is 2.09. The van der Waals surface area contributed by atoms with Crippen LogP contribution in [0.3, 0.4) is 0 Å². The van der Waals surface area contributed by atoms with Crippen molar-refractivity contribution in [2.24, 2.45) is 5.73 Å². The molecule has 3 rings (SSSR count). The van der Waals surface area contributed by atoms with Gasteiger partial charge in [0.15, 0.2) is 6.33 Å². The first-order valence-electron chi connectivity index (χ1n) is 8.11. The highest BCUT2D eigenvalue weighted by atomic mass is 16.5. The fraction of sp³-hybridized carbons (Fsp3) is 0.222. The average Bonchev–Trinajstić information content (AvgIpc) is 3.18. The number of esters is 1. The molecule has 26 heavy (non-hydrogen) atoms. The van der Waals surface area contributed by atoms with Gasteiger partial charge in [-0.25, -0.2) is 4.79 Å². The summed E-state index contributed by atoms with van der Waals surface area (Å²) in [4.78, 5) is 13.5. The molecule has 8 nitrogen and oxygen atoms in total. The van der Waals surface area contributed by atoms with E-state index in [0.29, 0.717) is 24.5 Å². The number of tetrazole rings is 1. The molecule has 0 unspecified atom stereocenters. The Morgan fingerprint density at radius 3 is 2.58 bits per heavy atom. The van der Waals surface area contributed by atoms with E-state index < -0.39 is 0 Å². The highest BCUT2D eigenvalue weighted by Crippen LogP contribution is 2.14. The molecule has 0 saturated carbocycles. The number of benzene rings is 2. The van der Waals surface area contributed by atoms with Gasteiger partial charge in [-0.3, -0.25) is 0 Å². The molecule has 3 aromatic rings. The van der Waals surface area contributed by atoms with Crippen LogP contribution in [-0.4, -0.2) is 38.8 Å². The van der Waals surface area contributed by atoms with Crippen molar-refractivity contribution in [2.75, 3.05) is 6.61 Å². The first-order chi connectivity index (χ1) is 12.7. The number of nitrogens with two attached hydrogens (primary N) is 1. The van der Waals surface area contributed by atoms with E-state index in [1.807, 2.05) is 30.3 Å². The minimum Gasteiger partial charge on any atom is -0.492 e. The van der Waals surface area contributed by atoms with E-state index in [-0.39, 0.29) is 18.6 Å². The predicted molar refractivity (Wildman–Crippen MR) is 93.3 cm³/mol. The Balaban J connectivity index is 1.46. The minimum absolute atomic E-state index is 0.239. The van der Waals surface area contributed by atoms with Gasteiger partial charge in [0.25, 0.3) is 0 Å². The summed E-state index contributed by atoms with van der Waals surface area (Å²) in [5.41, 5.74) is 7.36. The van der Waals surface area contributed by atoms with Gasteiger partial charge in [0.2, 0.25) is 0 Å². The van der Waals surface area contributed by atoms with E-state index in [4.69, 9.17) is 15.2 Å². The van der Waals surface area contributed by atoms with Gasteiger partial charge in [0, 0.05) is 0 Å². The number of ether oxygens (including phenoxy) is 2. The molecule has 0 fully saturated rings. The molecule has 0 aliphatic heterocycles. The lowest BCUT2D eigenvalue weighted by atomic mass is 10.2. The third-order valence-electron chi connectivity index (χ3n) is 3.56. The van der Waals surface area contributed by atoms with Gasteiger partial charge in [-0.2, -0.15) is 4.80 Å². The second-order valence-electron chi connectivity index (χ2n) is 5.65. The van der Waals surface area contributed by atoms with Crippen LogP contribution in [0.1, 0.15) is 15.9 Å². The van der Waals surface area contributed by atoms with Gasteiger partial charge in [0.1, 0.15) is 19.0 Å². The Labute approximate surface area is 150 Å². The Hall–Kier alpha value is -3.26. The maximum atomic E-state index is 12.1. The van der Waals surface area contributed by atoms with Crippen molar-refractivity contribution >= 4 is 5.97 Å². The Bertz CT molecular complexity index is 807. The average molecular weight is 353 g/mol. The molecule has 0 aliphatic carbocycles. The molecule has 8 heteroatoms. The summed E-state index contributed by atoms with van der Waals surface area (Å²) >= 11 is 0. The van der Waals surface area contributed by atoms with E-state index in [1.54, 1.807) is 24.3 Å². The lowest BCUT2D eigenvalue weighted by Crippen LogP contribution is -2.33. The Morgan fingerprint density at radius 1 is 1.12 bits per heavy atom. The van der Waals surface area contributed by atoms with E-state index in [9.17, 15) is 4.79 Å². The van der Waals surface area contributed by atoms with E-state index >= 15 is 0 Å². The molecule has 134 valence electrons. The van der Waals surface area contributed by atoms with Crippen LogP contribution >= 0.6 is 0 Å². The summed E-state index contributed by atoms with van der Waals surface area (Å²) < 4.78 is 10.9. The largest absolute Gasteiger partial charge is 0.492 e. The Morgan fingerprint density at radius 2 is 1.88 bits per heavy atom. The zero-order valence-electron chi connectivity index (χ0n) is 14.1. The number of carbonyl (C=O) groups is 1. The lowest BCUT2D eigenvalue weighted by Gasteiger charge is -2.12. The quantitative estimate of drug-likeness (QED) is 0.611. The summed E-state index contributed by atoms with van der Waals surface area (Å²) in [5.74, 6) is 0.237. The predicted octanol–water partition coefficient (Wildman–Crippen LogP) is 1.44. The maximum Gasteiger partial charge on any atom is 0.338 e. The molecular formula is C18H19N5O3. The summed E-state index contributed by atoms with van der Waals surface area (Å²) in [5, 5.41) is 11.3. The normalized spacial score (nSPS) is 11.7. The van der Waals surface area contributed by atoms with Gasteiger partial charge in [0.05, 0.1) is 18.2 Å². The monoisotopic (exact) mass is 353 g/mol. The van der Waals surface area contributed by atoms with Gasteiger partial charge in [-0.05, 0) is 35.0 Å². The van der Waals surface area contributed by atoms with Crippen molar-refractivity contribution in [3.8, 4) is 5.75 Å². The minimum atomic E-state index is -0.380. The van der Waals surface area contributed by atoms with Crippen LogP contribution in [0.25, 0.3) is 0 Å². The zero-order valence-corrected chi connectivity index (χ0v) is 14.1. The number of rotatable bonds is 8. The Kier molecular flexibility index (Phi) is 5.89. The molecule has 2 aromatic carbocycles. The van der Waals surface area contributed by atoms with Crippen molar-refractivity contribution < 1.29 is 14.3 Å². The second-order valence-corrected chi connectivity index (χ2v) is 5.65. The highest BCUT2D eigenvalue weighted by molar-refractivity contribution is 5.89. The fourth-order valence-electron chi connectivity index (χ4n) is 2.23. The summed E-state index contributed by atoms with van der Waals surface area (Å²) in [6, 6.07) is 16.0. The molecular weight excluding hydrogens is 334 g/mol. The first-order valence-corrected chi connectivity index (χ1v) is 8.11. The lowest BCUT2D eigenvalue weighted by molar-refractivity contribution is 0.0472. The third-order valence-corrected chi connectivity index (χ3v) is 3.56. The van der Waals surface area contributed by atoms with E-state index in [2.05, 4.69) is 15.4 Å². The van der Waals surface area contributed by atoms with Gasteiger partial charge in [-0.15, -0.1) is 10.2 Å². The third kappa shape index (κ3) is 5.12.